The highest BCUT2D eigenvalue weighted by Crippen LogP contribution is 2.38. The molecule has 1 aromatic heterocycles. The number of anilines is 1. The van der Waals surface area contributed by atoms with Gasteiger partial charge in [-0.3, -0.25) is 9.78 Å². The lowest BCUT2D eigenvalue weighted by molar-refractivity contribution is 0.0558. The maximum atomic E-state index is 12.7. The monoisotopic (exact) mass is 289 g/mol. The van der Waals surface area contributed by atoms with Crippen molar-refractivity contribution in [3.63, 3.8) is 0 Å². The van der Waals surface area contributed by atoms with Gasteiger partial charge in [0.05, 0.1) is 11.3 Å². The highest BCUT2D eigenvalue weighted by Gasteiger charge is 2.33. The summed E-state index contributed by atoms with van der Waals surface area (Å²) in [6, 6.07) is 1.88. The van der Waals surface area contributed by atoms with E-state index in [1.54, 1.807) is 12.4 Å². The molecule has 116 valence electrons. The second-order valence-corrected chi connectivity index (χ2v) is 5.95. The maximum absolute atomic E-state index is 12.7. The fourth-order valence-electron chi connectivity index (χ4n) is 3.22. The summed E-state index contributed by atoms with van der Waals surface area (Å²) in [4.78, 5) is 18.8. The molecule has 1 aromatic rings. The molecule has 0 atom stereocenters. The van der Waals surface area contributed by atoms with Gasteiger partial charge in [-0.05, 0) is 31.2 Å². The Balaban J connectivity index is 2.09. The van der Waals surface area contributed by atoms with Crippen LogP contribution in [-0.2, 0) is 0 Å². The molecule has 0 bridgehead atoms. The van der Waals surface area contributed by atoms with Crippen LogP contribution in [0.3, 0.4) is 0 Å². The van der Waals surface area contributed by atoms with Gasteiger partial charge in [0.25, 0.3) is 5.91 Å². The number of likely N-dealkylation sites (tertiary alicyclic amines) is 1. The first kappa shape index (κ1) is 15.8. The lowest BCUT2D eigenvalue weighted by Gasteiger charge is -2.41. The molecule has 0 radical (unpaired) electrons. The van der Waals surface area contributed by atoms with Crippen LogP contribution >= 0.6 is 0 Å². The molecule has 21 heavy (non-hydrogen) atoms. The van der Waals surface area contributed by atoms with E-state index < -0.39 is 0 Å². The third-order valence-electron chi connectivity index (χ3n) is 5.03. The number of hydrogen-bond acceptors (Lipinski definition) is 3. The van der Waals surface area contributed by atoms with Crippen molar-refractivity contribution in [2.45, 2.75) is 46.5 Å². The molecule has 0 aliphatic carbocycles. The predicted molar refractivity (Wildman–Crippen MR) is 86.6 cm³/mol. The lowest BCUT2D eigenvalue weighted by Crippen LogP contribution is -2.43. The molecular formula is C17H27N3O. The molecule has 0 unspecified atom stereocenters. The molecule has 0 spiro atoms. The summed E-state index contributed by atoms with van der Waals surface area (Å²) >= 11 is 0. The van der Waals surface area contributed by atoms with Crippen LogP contribution in [0.5, 0.6) is 0 Å². The van der Waals surface area contributed by atoms with Gasteiger partial charge < -0.3 is 10.2 Å². The van der Waals surface area contributed by atoms with E-state index in [1.807, 2.05) is 17.9 Å². The highest BCUT2D eigenvalue weighted by atomic mass is 16.2. The highest BCUT2D eigenvalue weighted by molar-refractivity contribution is 5.99. The zero-order valence-electron chi connectivity index (χ0n) is 13.5. The van der Waals surface area contributed by atoms with Crippen LogP contribution in [0, 0.1) is 5.41 Å². The Morgan fingerprint density at radius 2 is 1.95 bits per heavy atom. The largest absolute Gasteiger partial charge is 0.385 e. The second kappa shape index (κ2) is 6.92. The summed E-state index contributed by atoms with van der Waals surface area (Å²) in [5, 5.41) is 3.25. The van der Waals surface area contributed by atoms with E-state index in [-0.39, 0.29) is 5.91 Å². The van der Waals surface area contributed by atoms with Gasteiger partial charge in [-0.25, -0.2) is 0 Å². The van der Waals surface area contributed by atoms with Crippen molar-refractivity contribution in [3.8, 4) is 0 Å². The summed E-state index contributed by atoms with van der Waals surface area (Å²) in [6.45, 7) is 9.10. The molecule has 4 heteroatoms. The van der Waals surface area contributed by atoms with Crippen molar-refractivity contribution >= 4 is 11.6 Å². The van der Waals surface area contributed by atoms with Crippen molar-refractivity contribution in [1.82, 2.24) is 9.88 Å². The Bertz CT molecular complexity index is 473. The SMILES string of the molecule is CCNc1ccncc1C(=O)N1CCC(CC)(CC)CC1. The number of rotatable bonds is 5. The minimum Gasteiger partial charge on any atom is -0.385 e. The number of piperidine rings is 1. The molecule has 2 heterocycles. The summed E-state index contributed by atoms with van der Waals surface area (Å²) in [7, 11) is 0. The first-order valence-electron chi connectivity index (χ1n) is 8.13. The second-order valence-electron chi connectivity index (χ2n) is 5.95. The van der Waals surface area contributed by atoms with E-state index in [9.17, 15) is 4.79 Å². The fourth-order valence-corrected chi connectivity index (χ4v) is 3.22. The molecule has 1 amide bonds. The zero-order chi connectivity index (χ0) is 15.3. The topological polar surface area (TPSA) is 45.2 Å². The van der Waals surface area contributed by atoms with Crippen LogP contribution in [0.4, 0.5) is 5.69 Å². The first-order chi connectivity index (χ1) is 10.2. The number of carbonyl (C=O) groups is 1. The molecule has 2 rings (SSSR count). The van der Waals surface area contributed by atoms with Gasteiger partial charge in [-0.15, -0.1) is 0 Å². The van der Waals surface area contributed by atoms with E-state index in [2.05, 4.69) is 24.1 Å². The molecule has 1 aliphatic rings. The van der Waals surface area contributed by atoms with Crippen molar-refractivity contribution in [3.05, 3.63) is 24.0 Å². The van der Waals surface area contributed by atoms with Gasteiger partial charge in [-0.1, -0.05) is 26.7 Å². The molecule has 1 N–H and O–H groups in total. The lowest BCUT2D eigenvalue weighted by atomic mass is 9.74. The van der Waals surface area contributed by atoms with Crippen molar-refractivity contribution < 1.29 is 4.79 Å². The molecule has 1 aliphatic heterocycles. The third kappa shape index (κ3) is 3.36. The standard InChI is InChI=1S/C17H27N3O/c1-4-17(5-2)8-11-20(12-9-17)16(21)14-13-18-10-7-15(14)19-6-3/h7,10,13H,4-6,8-9,11-12H2,1-3H3,(H,18,19). The number of nitrogens with zero attached hydrogens (tertiary/aromatic N) is 2. The number of nitrogens with one attached hydrogen (secondary N) is 1. The van der Waals surface area contributed by atoms with Crippen molar-refractivity contribution in [1.29, 1.82) is 0 Å². The molecular weight excluding hydrogens is 262 g/mol. The van der Waals surface area contributed by atoms with Gasteiger partial charge in [0.15, 0.2) is 0 Å². The van der Waals surface area contributed by atoms with Crippen LogP contribution in [0.1, 0.15) is 56.8 Å². The summed E-state index contributed by atoms with van der Waals surface area (Å²) in [6.07, 6.45) is 8.05. The fraction of sp³-hybridized carbons (Fsp3) is 0.647. The average molecular weight is 289 g/mol. The van der Waals surface area contributed by atoms with Gasteiger partial charge in [-0.2, -0.15) is 0 Å². The van der Waals surface area contributed by atoms with Gasteiger partial charge >= 0.3 is 0 Å². The number of aromatic nitrogens is 1. The third-order valence-corrected chi connectivity index (χ3v) is 5.03. The number of hydrogen-bond donors (Lipinski definition) is 1. The van der Waals surface area contributed by atoms with Gasteiger partial charge in [0.1, 0.15) is 0 Å². The quantitative estimate of drug-likeness (QED) is 0.901. The summed E-state index contributed by atoms with van der Waals surface area (Å²) < 4.78 is 0. The van der Waals surface area contributed by atoms with Crippen LogP contribution < -0.4 is 5.32 Å². The maximum Gasteiger partial charge on any atom is 0.257 e. The Hall–Kier alpha value is -1.58. The first-order valence-corrected chi connectivity index (χ1v) is 8.13. The Labute approximate surface area is 127 Å². The Morgan fingerprint density at radius 1 is 1.29 bits per heavy atom. The van der Waals surface area contributed by atoms with E-state index in [4.69, 9.17) is 0 Å². The van der Waals surface area contributed by atoms with Crippen molar-refractivity contribution in [2.75, 3.05) is 25.0 Å². The smallest absolute Gasteiger partial charge is 0.257 e. The van der Waals surface area contributed by atoms with Crippen LogP contribution in [0.25, 0.3) is 0 Å². The van der Waals surface area contributed by atoms with Gasteiger partial charge in [0, 0.05) is 32.0 Å². The molecule has 4 nitrogen and oxygen atoms in total. The number of pyridine rings is 1. The Morgan fingerprint density at radius 3 is 2.52 bits per heavy atom. The van der Waals surface area contributed by atoms with E-state index in [0.29, 0.717) is 11.0 Å². The van der Waals surface area contributed by atoms with Gasteiger partial charge in [0.2, 0.25) is 0 Å². The van der Waals surface area contributed by atoms with Crippen LogP contribution in [0.2, 0.25) is 0 Å². The van der Waals surface area contributed by atoms with E-state index in [0.717, 1.165) is 38.2 Å². The van der Waals surface area contributed by atoms with E-state index >= 15 is 0 Å². The normalized spacial score (nSPS) is 17.6. The minimum atomic E-state index is 0.111. The molecule has 1 saturated heterocycles. The van der Waals surface area contributed by atoms with Crippen LogP contribution in [-0.4, -0.2) is 35.4 Å². The molecule has 1 fully saturated rings. The molecule has 0 aromatic carbocycles. The number of amides is 1. The van der Waals surface area contributed by atoms with Crippen LogP contribution in [0.15, 0.2) is 18.5 Å². The molecule has 0 saturated carbocycles. The average Bonchev–Trinajstić information content (AvgIpc) is 2.55. The van der Waals surface area contributed by atoms with E-state index in [1.165, 1.54) is 12.8 Å². The number of carbonyl (C=O) groups excluding carboxylic acids is 1. The van der Waals surface area contributed by atoms with Crippen molar-refractivity contribution in [2.24, 2.45) is 5.41 Å². The Kier molecular flexibility index (Phi) is 5.21. The predicted octanol–water partition coefficient (Wildman–Crippen LogP) is 3.56. The zero-order valence-corrected chi connectivity index (χ0v) is 13.5. The summed E-state index contributed by atoms with van der Waals surface area (Å²) in [5.74, 6) is 0.111. The summed E-state index contributed by atoms with van der Waals surface area (Å²) in [5.41, 5.74) is 2.02. The minimum absolute atomic E-state index is 0.111.